The largest absolute Gasteiger partial charge is 0.353 e. The minimum Gasteiger partial charge on any atom is -0.353 e. The Bertz CT molecular complexity index is 767. The Morgan fingerprint density at radius 2 is 1.85 bits per heavy atom. The number of ketones is 1. The van der Waals surface area contributed by atoms with Crippen LogP contribution in [0.25, 0.3) is 0 Å². The van der Waals surface area contributed by atoms with E-state index < -0.39 is 21.6 Å². The Morgan fingerprint density at radius 1 is 1.23 bits per heavy atom. The van der Waals surface area contributed by atoms with Gasteiger partial charge in [0.2, 0.25) is 15.9 Å². The van der Waals surface area contributed by atoms with Gasteiger partial charge in [-0.25, -0.2) is 8.42 Å². The Balaban J connectivity index is 2.24. The van der Waals surface area contributed by atoms with Gasteiger partial charge in [0.1, 0.15) is 6.04 Å². The van der Waals surface area contributed by atoms with Crippen molar-refractivity contribution < 1.29 is 18.0 Å². The second-order valence-corrected chi connectivity index (χ2v) is 9.30. The summed E-state index contributed by atoms with van der Waals surface area (Å²) in [5, 5.41) is 2.76. The van der Waals surface area contributed by atoms with E-state index in [4.69, 9.17) is 5.73 Å². The van der Waals surface area contributed by atoms with E-state index in [0.717, 1.165) is 6.42 Å². The van der Waals surface area contributed by atoms with Gasteiger partial charge in [0.05, 0.1) is 4.90 Å². The summed E-state index contributed by atoms with van der Waals surface area (Å²) in [6, 6.07) is 5.07. The van der Waals surface area contributed by atoms with Gasteiger partial charge in [-0.2, -0.15) is 4.31 Å². The molecule has 0 bridgehead atoms. The zero-order valence-electron chi connectivity index (χ0n) is 15.5. The molecule has 1 aliphatic heterocycles. The van der Waals surface area contributed by atoms with Gasteiger partial charge in [-0.15, -0.1) is 0 Å². The highest BCUT2D eigenvalue weighted by Gasteiger charge is 2.37. The van der Waals surface area contributed by atoms with Crippen LogP contribution in [0.3, 0.4) is 0 Å². The molecule has 2 rings (SSSR count). The lowest BCUT2D eigenvalue weighted by Crippen LogP contribution is -2.54. The standard InChI is InChI=1S/C18H27N3O4S/c1-13(22)14-7-9-15(10-8-14)26(24,25)21-11-5-4-6-16(21)17(23)20-12-18(2,3)19/h7-10,16H,4-6,11-12,19H2,1-3H3,(H,20,23). The fourth-order valence-corrected chi connectivity index (χ4v) is 4.54. The lowest BCUT2D eigenvalue weighted by Gasteiger charge is -2.34. The van der Waals surface area contributed by atoms with Gasteiger partial charge in [-0.1, -0.05) is 18.6 Å². The van der Waals surface area contributed by atoms with Crippen LogP contribution in [0.1, 0.15) is 50.4 Å². The summed E-state index contributed by atoms with van der Waals surface area (Å²) in [5.41, 5.74) is 5.76. The van der Waals surface area contributed by atoms with Crippen LogP contribution in [-0.4, -0.2) is 49.1 Å². The number of carbonyl (C=O) groups is 2. The number of benzene rings is 1. The summed E-state index contributed by atoms with van der Waals surface area (Å²) >= 11 is 0. The Kier molecular flexibility index (Phi) is 6.21. The number of nitrogens with one attached hydrogen (secondary N) is 1. The maximum absolute atomic E-state index is 13.0. The van der Waals surface area contributed by atoms with Crippen molar-refractivity contribution in [1.29, 1.82) is 0 Å². The first kappa shape index (κ1) is 20.5. The molecule has 1 atom stereocenters. The topological polar surface area (TPSA) is 110 Å². The first-order valence-electron chi connectivity index (χ1n) is 8.72. The SMILES string of the molecule is CC(=O)c1ccc(S(=O)(=O)N2CCCCC2C(=O)NCC(C)(C)N)cc1. The van der Waals surface area contributed by atoms with Crippen molar-refractivity contribution >= 4 is 21.7 Å². The summed E-state index contributed by atoms with van der Waals surface area (Å²) in [5.74, 6) is -0.458. The summed E-state index contributed by atoms with van der Waals surface area (Å²) in [4.78, 5) is 24.0. The highest BCUT2D eigenvalue weighted by molar-refractivity contribution is 7.89. The Morgan fingerprint density at radius 3 is 2.38 bits per heavy atom. The zero-order valence-corrected chi connectivity index (χ0v) is 16.3. The van der Waals surface area contributed by atoms with Crippen molar-refractivity contribution in [2.24, 2.45) is 5.73 Å². The first-order chi connectivity index (χ1) is 12.0. The number of Topliss-reactive ketones (excluding diaryl/α,β-unsaturated/α-hetero) is 1. The molecule has 144 valence electrons. The van der Waals surface area contributed by atoms with Crippen LogP contribution in [0, 0.1) is 0 Å². The maximum atomic E-state index is 13.0. The van der Waals surface area contributed by atoms with E-state index in [2.05, 4.69) is 5.32 Å². The summed E-state index contributed by atoms with van der Waals surface area (Å²) < 4.78 is 27.3. The van der Waals surface area contributed by atoms with Crippen molar-refractivity contribution in [2.75, 3.05) is 13.1 Å². The van der Waals surface area contributed by atoms with Crippen molar-refractivity contribution in [3.05, 3.63) is 29.8 Å². The number of amides is 1. The quantitative estimate of drug-likeness (QED) is 0.722. The Hall–Kier alpha value is -1.77. The molecule has 1 saturated heterocycles. The molecule has 8 heteroatoms. The van der Waals surface area contributed by atoms with Gasteiger partial charge in [0, 0.05) is 24.2 Å². The van der Waals surface area contributed by atoms with E-state index in [1.807, 2.05) is 0 Å². The number of sulfonamides is 1. The molecule has 1 amide bonds. The molecule has 0 aliphatic carbocycles. The van der Waals surface area contributed by atoms with Gasteiger partial charge < -0.3 is 11.1 Å². The van der Waals surface area contributed by atoms with Gasteiger partial charge in [-0.3, -0.25) is 9.59 Å². The third-order valence-electron chi connectivity index (χ3n) is 4.34. The minimum absolute atomic E-state index is 0.0846. The fourth-order valence-electron chi connectivity index (χ4n) is 2.88. The van der Waals surface area contributed by atoms with Crippen molar-refractivity contribution in [3.63, 3.8) is 0 Å². The molecule has 3 N–H and O–H groups in total. The number of carbonyl (C=O) groups excluding carboxylic acids is 2. The van der Waals surface area contributed by atoms with Gasteiger partial charge in [0.15, 0.2) is 5.78 Å². The van der Waals surface area contributed by atoms with E-state index in [9.17, 15) is 18.0 Å². The molecule has 1 aliphatic rings. The molecule has 7 nitrogen and oxygen atoms in total. The normalized spacial score (nSPS) is 19.2. The van der Waals surface area contributed by atoms with Crippen LogP contribution in [0.5, 0.6) is 0 Å². The average Bonchev–Trinajstić information content (AvgIpc) is 2.59. The summed E-state index contributed by atoms with van der Waals surface area (Å²) in [7, 11) is -3.82. The lowest BCUT2D eigenvalue weighted by atomic mass is 10.0. The highest BCUT2D eigenvalue weighted by Crippen LogP contribution is 2.26. The minimum atomic E-state index is -3.82. The van der Waals surface area contributed by atoms with E-state index in [1.165, 1.54) is 35.5 Å². The molecular formula is C18H27N3O4S. The zero-order chi connectivity index (χ0) is 19.5. The molecular weight excluding hydrogens is 354 g/mol. The lowest BCUT2D eigenvalue weighted by molar-refractivity contribution is -0.125. The molecule has 26 heavy (non-hydrogen) atoms. The number of hydrogen-bond acceptors (Lipinski definition) is 5. The van der Waals surface area contributed by atoms with E-state index in [-0.39, 0.29) is 23.1 Å². The fraction of sp³-hybridized carbons (Fsp3) is 0.556. The molecule has 0 aromatic heterocycles. The smallest absolute Gasteiger partial charge is 0.243 e. The predicted molar refractivity (Wildman–Crippen MR) is 99.3 cm³/mol. The predicted octanol–water partition coefficient (Wildman–Crippen LogP) is 1.29. The molecule has 0 saturated carbocycles. The number of piperidine rings is 1. The highest BCUT2D eigenvalue weighted by atomic mass is 32.2. The molecule has 1 aromatic carbocycles. The molecule has 1 fully saturated rings. The van der Waals surface area contributed by atoms with Gasteiger partial charge >= 0.3 is 0 Å². The van der Waals surface area contributed by atoms with Crippen molar-refractivity contribution in [3.8, 4) is 0 Å². The number of rotatable bonds is 6. The molecule has 1 aromatic rings. The van der Waals surface area contributed by atoms with Crippen LogP contribution < -0.4 is 11.1 Å². The third kappa shape index (κ3) is 4.90. The first-order valence-corrected chi connectivity index (χ1v) is 10.2. The Labute approximate surface area is 155 Å². The van der Waals surface area contributed by atoms with E-state index >= 15 is 0 Å². The van der Waals surface area contributed by atoms with E-state index in [0.29, 0.717) is 24.9 Å². The van der Waals surface area contributed by atoms with Crippen molar-refractivity contribution in [1.82, 2.24) is 9.62 Å². The third-order valence-corrected chi connectivity index (χ3v) is 6.26. The van der Waals surface area contributed by atoms with Crippen LogP contribution in [0.15, 0.2) is 29.2 Å². The average molecular weight is 381 g/mol. The second kappa shape index (κ2) is 7.85. The molecule has 1 heterocycles. The molecule has 0 spiro atoms. The number of hydrogen-bond donors (Lipinski definition) is 2. The van der Waals surface area contributed by atoms with Crippen molar-refractivity contribution in [2.45, 2.75) is 56.5 Å². The van der Waals surface area contributed by atoms with Crippen LogP contribution in [-0.2, 0) is 14.8 Å². The van der Waals surface area contributed by atoms with Crippen LogP contribution in [0.4, 0.5) is 0 Å². The second-order valence-electron chi connectivity index (χ2n) is 7.41. The molecule has 0 radical (unpaired) electrons. The number of nitrogens with two attached hydrogens (primary N) is 1. The molecule has 1 unspecified atom stereocenters. The van der Waals surface area contributed by atoms with Gasteiger partial charge in [-0.05, 0) is 45.7 Å². The monoisotopic (exact) mass is 381 g/mol. The number of nitrogens with zero attached hydrogens (tertiary/aromatic N) is 1. The summed E-state index contributed by atoms with van der Waals surface area (Å²) in [6.07, 6.45) is 1.97. The van der Waals surface area contributed by atoms with E-state index in [1.54, 1.807) is 13.8 Å². The summed E-state index contributed by atoms with van der Waals surface area (Å²) in [6.45, 7) is 5.57. The van der Waals surface area contributed by atoms with Crippen LogP contribution in [0.2, 0.25) is 0 Å². The maximum Gasteiger partial charge on any atom is 0.243 e. The van der Waals surface area contributed by atoms with Crippen LogP contribution >= 0.6 is 0 Å². The van der Waals surface area contributed by atoms with Gasteiger partial charge in [0.25, 0.3) is 0 Å².